The Morgan fingerprint density at radius 2 is 1.92 bits per heavy atom. The fourth-order valence-electron chi connectivity index (χ4n) is 2.34. The van der Waals surface area contributed by atoms with Crippen LogP contribution in [0.15, 0.2) is 12.1 Å². The summed E-state index contributed by atoms with van der Waals surface area (Å²) in [6, 6.07) is 5.26. The van der Waals surface area contributed by atoms with Gasteiger partial charge in [-0.3, -0.25) is 0 Å². The van der Waals surface area contributed by atoms with E-state index in [4.69, 9.17) is 16.2 Å². The second-order valence-corrected chi connectivity index (χ2v) is 5.57. The number of aromatic nitrogens is 2. The Morgan fingerprint density at radius 1 is 1.25 bits per heavy atom. The van der Waals surface area contributed by atoms with E-state index in [0.717, 1.165) is 5.56 Å². The molecule has 0 saturated heterocycles. The summed E-state index contributed by atoms with van der Waals surface area (Å²) in [4.78, 5) is 7.89. The van der Waals surface area contributed by atoms with Crippen LogP contribution in [0.25, 0.3) is 11.3 Å². The second kappa shape index (κ2) is 6.74. The highest BCUT2D eigenvalue weighted by molar-refractivity contribution is 6.60. The van der Waals surface area contributed by atoms with Gasteiger partial charge in [-0.2, -0.15) is 10.2 Å². The molecule has 0 spiro atoms. The molecule has 6 N–H and O–H groups in total. The smallest absolute Gasteiger partial charge is 0.491 e. The zero-order chi connectivity index (χ0) is 18.0. The molecule has 2 aromatic rings. The van der Waals surface area contributed by atoms with Crippen molar-refractivity contribution < 1.29 is 14.8 Å². The molecular weight excluding hydrogens is 309 g/mol. The number of anilines is 2. The molecule has 0 radical (unpaired) electrons. The summed E-state index contributed by atoms with van der Waals surface area (Å²) in [5.41, 5.74) is 12.9. The molecule has 0 unspecified atom stereocenters. The highest BCUT2D eigenvalue weighted by atomic mass is 16.5. The zero-order valence-corrected chi connectivity index (χ0v) is 13.6. The Hall–Kier alpha value is -2.83. The van der Waals surface area contributed by atoms with Gasteiger partial charge >= 0.3 is 7.12 Å². The van der Waals surface area contributed by atoms with Gasteiger partial charge in [-0.05, 0) is 26.8 Å². The number of nitrogens with two attached hydrogens (primary N) is 2. The molecule has 124 valence electrons. The van der Waals surface area contributed by atoms with E-state index in [0.29, 0.717) is 5.56 Å². The number of ether oxygens (including phenoxy) is 1. The number of nitrogen functional groups attached to an aromatic ring is 2. The van der Waals surface area contributed by atoms with Gasteiger partial charge in [0.15, 0.2) is 0 Å². The molecule has 0 saturated carbocycles. The normalized spacial score (nSPS) is 10.5. The van der Waals surface area contributed by atoms with E-state index < -0.39 is 7.12 Å². The van der Waals surface area contributed by atoms with Gasteiger partial charge in [0.05, 0.1) is 11.8 Å². The maximum atomic E-state index is 9.68. The molecule has 1 aromatic heterocycles. The van der Waals surface area contributed by atoms with Crippen LogP contribution in [0.1, 0.15) is 25.0 Å². The Balaban J connectivity index is 2.86. The maximum Gasteiger partial charge on any atom is 0.492 e. The Labute approximate surface area is 139 Å². The average Bonchev–Trinajstić information content (AvgIpc) is 2.47. The van der Waals surface area contributed by atoms with Gasteiger partial charge in [-0.15, -0.1) is 0 Å². The first-order valence-electron chi connectivity index (χ1n) is 7.25. The van der Waals surface area contributed by atoms with Crippen LogP contribution >= 0.6 is 0 Å². The average molecular weight is 327 g/mol. The molecular formula is C15H18BN5O3. The van der Waals surface area contributed by atoms with Crippen molar-refractivity contribution in [3.8, 4) is 23.1 Å². The van der Waals surface area contributed by atoms with Gasteiger partial charge < -0.3 is 26.3 Å². The van der Waals surface area contributed by atoms with Gasteiger partial charge in [-0.25, -0.2) is 4.98 Å². The number of aryl methyl sites for hydroxylation is 1. The fourth-order valence-corrected chi connectivity index (χ4v) is 2.34. The number of hydrogen-bond donors (Lipinski definition) is 4. The van der Waals surface area contributed by atoms with Gasteiger partial charge in [0.2, 0.25) is 5.95 Å². The Bertz CT molecular complexity index is 818. The van der Waals surface area contributed by atoms with Crippen LogP contribution < -0.4 is 21.7 Å². The molecule has 0 fully saturated rings. The standard InChI is InChI=1S/C15H18BN5O3/c1-7(2)24-13-9(4-8(3)5-11(13)16(22)23)12-10(6-17)14(18)21-15(19)20-12/h4-5,7,22-23H,1-3H3,(H4,18,19,20,21). The van der Waals surface area contributed by atoms with Crippen LogP contribution in [0.3, 0.4) is 0 Å². The summed E-state index contributed by atoms with van der Waals surface area (Å²) < 4.78 is 5.75. The van der Waals surface area contributed by atoms with Crippen molar-refractivity contribution in [2.45, 2.75) is 26.9 Å². The van der Waals surface area contributed by atoms with E-state index in [1.165, 1.54) is 0 Å². The van der Waals surface area contributed by atoms with Crippen LogP contribution in [0, 0.1) is 18.3 Å². The summed E-state index contributed by atoms with van der Waals surface area (Å²) in [6.07, 6.45) is -0.244. The molecule has 0 amide bonds. The quantitative estimate of drug-likeness (QED) is 0.571. The summed E-state index contributed by atoms with van der Waals surface area (Å²) in [5.74, 6) is 0.0623. The monoisotopic (exact) mass is 327 g/mol. The largest absolute Gasteiger partial charge is 0.492 e. The summed E-state index contributed by atoms with van der Waals surface area (Å²) >= 11 is 0. The second-order valence-electron chi connectivity index (χ2n) is 5.57. The molecule has 0 aliphatic rings. The van der Waals surface area contributed by atoms with Gasteiger partial charge in [0, 0.05) is 11.0 Å². The molecule has 1 heterocycles. The lowest BCUT2D eigenvalue weighted by molar-refractivity contribution is 0.244. The minimum atomic E-state index is -1.75. The van der Waals surface area contributed by atoms with E-state index in [1.54, 1.807) is 32.9 Å². The van der Waals surface area contributed by atoms with Crippen LogP contribution in [0.4, 0.5) is 11.8 Å². The van der Waals surface area contributed by atoms with E-state index >= 15 is 0 Å². The lowest BCUT2D eigenvalue weighted by Crippen LogP contribution is -2.33. The minimum absolute atomic E-state index is 0.0433. The van der Waals surface area contributed by atoms with Crippen molar-refractivity contribution in [3.05, 3.63) is 23.3 Å². The van der Waals surface area contributed by atoms with Gasteiger partial charge in [0.1, 0.15) is 23.2 Å². The molecule has 2 rings (SSSR count). The predicted molar refractivity (Wildman–Crippen MR) is 91.3 cm³/mol. The molecule has 24 heavy (non-hydrogen) atoms. The first kappa shape index (κ1) is 17.5. The van der Waals surface area contributed by atoms with E-state index in [1.807, 2.05) is 6.07 Å². The zero-order valence-electron chi connectivity index (χ0n) is 13.6. The lowest BCUT2D eigenvalue weighted by atomic mass is 9.77. The van der Waals surface area contributed by atoms with Crippen molar-refractivity contribution >= 4 is 24.3 Å². The first-order chi connectivity index (χ1) is 11.2. The van der Waals surface area contributed by atoms with Gasteiger partial charge in [-0.1, -0.05) is 11.6 Å². The minimum Gasteiger partial charge on any atom is -0.491 e. The fraction of sp³-hybridized carbons (Fsp3) is 0.267. The Morgan fingerprint density at radius 3 is 2.46 bits per heavy atom. The third-order valence-corrected chi connectivity index (χ3v) is 3.21. The molecule has 1 aromatic carbocycles. The molecule has 0 bridgehead atoms. The van der Waals surface area contributed by atoms with Crippen LogP contribution in [-0.4, -0.2) is 33.2 Å². The topological polar surface area (TPSA) is 151 Å². The van der Waals surface area contributed by atoms with E-state index in [9.17, 15) is 15.3 Å². The molecule has 9 heteroatoms. The van der Waals surface area contributed by atoms with E-state index in [2.05, 4.69) is 9.97 Å². The van der Waals surface area contributed by atoms with Gasteiger partial charge in [0.25, 0.3) is 0 Å². The Kier molecular flexibility index (Phi) is 4.92. The SMILES string of the molecule is Cc1cc(B(O)O)c(OC(C)C)c(-c2nc(N)nc(N)c2C#N)c1. The maximum absolute atomic E-state index is 9.68. The van der Waals surface area contributed by atoms with Crippen molar-refractivity contribution in [2.24, 2.45) is 0 Å². The van der Waals surface area contributed by atoms with Crippen LogP contribution in [0.5, 0.6) is 5.75 Å². The van der Waals surface area contributed by atoms with Crippen molar-refractivity contribution in [3.63, 3.8) is 0 Å². The number of benzene rings is 1. The highest BCUT2D eigenvalue weighted by Gasteiger charge is 2.25. The molecule has 0 aliphatic heterocycles. The molecule has 8 nitrogen and oxygen atoms in total. The van der Waals surface area contributed by atoms with E-state index in [-0.39, 0.29) is 40.3 Å². The van der Waals surface area contributed by atoms with Crippen molar-refractivity contribution in [2.75, 3.05) is 11.5 Å². The lowest BCUT2D eigenvalue weighted by Gasteiger charge is -2.19. The van der Waals surface area contributed by atoms with Crippen LogP contribution in [0.2, 0.25) is 0 Å². The predicted octanol–water partition coefficient (Wildman–Crippen LogP) is -0.0449. The number of nitrogens with zero attached hydrogens (tertiary/aromatic N) is 3. The summed E-state index contributed by atoms with van der Waals surface area (Å²) in [6.45, 7) is 5.37. The molecule has 0 aliphatic carbocycles. The third-order valence-electron chi connectivity index (χ3n) is 3.21. The van der Waals surface area contributed by atoms with Crippen molar-refractivity contribution in [1.29, 1.82) is 5.26 Å². The summed E-state index contributed by atoms with van der Waals surface area (Å²) in [7, 11) is -1.75. The number of hydrogen-bond acceptors (Lipinski definition) is 8. The molecule has 0 atom stereocenters. The third kappa shape index (κ3) is 3.40. The highest BCUT2D eigenvalue weighted by Crippen LogP contribution is 2.33. The first-order valence-corrected chi connectivity index (χ1v) is 7.25. The number of nitriles is 1. The van der Waals surface area contributed by atoms with Crippen LogP contribution in [-0.2, 0) is 0 Å². The van der Waals surface area contributed by atoms with Crippen molar-refractivity contribution in [1.82, 2.24) is 9.97 Å². The number of rotatable bonds is 4. The summed E-state index contributed by atoms with van der Waals surface area (Å²) in [5, 5.41) is 28.7.